The van der Waals surface area contributed by atoms with Crippen LogP contribution in [0.3, 0.4) is 0 Å². The van der Waals surface area contributed by atoms with Gasteiger partial charge in [-0.15, -0.1) is 0 Å². The van der Waals surface area contributed by atoms with Crippen molar-refractivity contribution < 1.29 is 14.0 Å². The van der Waals surface area contributed by atoms with Gasteiger partial charge in [0.25, 0.3) is 0 Å². The zero-order valence-electron chi connectivity index (χ0n) is 12.5. The molecule has 0 spiro atoms. The quantitative estimate of drug-likeness (QED) is 0.819. The molecule has 0 unspecified atom stereocenters. The molecule has 1 saturated heterocycles. The number of hydrogen-bond donors (Lipinski definition) is 2. The van der Waals surface area contributed by atoms with Gasteiger partial charge < -0.3 is 20.4 Å². The van der Waals surface area contributed by atoms with Gasteiger partial charge in [0.15, 0.2) is 0 Å². The van der Waals surface area contributed by atoms with Crippen molar-refractivity contribution >= 4 is 28.6 Å². The van der Waals surface area contributed by atoms with Crippen LogP contribution in [0.2, 0.25) is 0 Å². The van der Waals surface area contributed by atoms with E-state index in [2.05, 4.69) is 5.32 Å². The molecule has 7 nitrogen and oxygen atoms in total. The van der Waals surface area contributed by atoms with E-state index in [1.807, 2.05) is 0 Å². The second-order valence-corrected chi connectivity index (χ2v) is 5.62. The fourth-order valence-corrected chi connectivity index (χ4v) is 2.75. The van der Waals surface area contributed by atoms with Crippen molar-refractivity contribution in [1.82, 2.24) is 4.90 Å². The average Bonchev–Trinajstić information content (AvgIpc) is 2.55. The van der Waals surface area contributed by atoms with Gasteiger partial charge in [0.2, 0.25) is 5.91 Å². The standard InChI is InChI=1S/C16H17N3O4/c17-15(21)11-2-1-7-19(9-11)16(22)18-12-4-5-13-10(8-12)3-6-14(20)23-13/h3-6,8,11H,1-2,7,9H2,(H2,17,21)(H,18,22)/t11-/m0/s1. The fraction of sp³-hybridized carbons (Fsp3) is 0.312. The predicted molar refractivity (Wildman–Crippen MR) is 85.0 cm³/mol. The van der Waals surface area contributed by atoms with Gasteiger partial charge in [0, 0.05) is 30.2 Å². The Bertz CT molecular complexity index is 814. The van der Waals surface area contributed by atoms with Crippen LogP contribution in [0.1, 0.15) is 12.8 Å². The molecule has 1 fully saturated rings. The molecule has 0 bridgehead atoms. The number of likely N-dealkylation sites (tertiary alicyclic amines) is 1. The number of rotatable bonds is 2. The Balaban J connectivity index is 1.73. The Morgan fingerprint density at radius 2 is 2.09 bits per heavy atom. The molecule has 3 amide bonds. The predicted octanol–water partition coefficient (Wildman–Crippen LogP) is 1.52. The number of primary amides is 1. The SMILES string of the molecule is NC(=O)[C@H]1CCCN(C(=O)Nc2ccc3oc(=O)ccc3c2)C1. The van der Waals surface area contributed by atoms with Gasteiger partial charge in [-0.25, -0.2) is 9.59 Å². The zero-order valence-corrected chi connectivity index (χ0v) is 12.5. The molecule has 3 N–H and O–H groups in total. The number of piperidine rings is 1. The number of hydrogen-bond acceptors (Lipinski definition) is 4. The number of nitrogens with one attached hydrogen (secondary N) is 1. The van der Waals surface area contributed by atoms with Gasteiger partial charge in [-0.1, -0.05) is 0 Å². The lowest BCUT2D eigenvalue weighted by Crippen LogP contribution is -2.45. The second-order valence-electron chi connectivity index (χ2n) is 5.62. The number of anilines is 1. The van der Waals surface area contributed by atoms with E-state index < -0.39 is 5.63 Å². The summed E-state index contributed by atoms with van der Waals surface area (Å²) in [5.41, 5.74) is 5.96. The minimum Gasteiger partial charge on any atom is -0.423 e. The van der Waals surface area contributed by atoms with Gasteiger partial charge in [-0.3, -0.25) is 4.79 Å². The maximum atomic E-state index is 12.3. The highest BCUT2D eigenvalue weighted by atomic mass is 16.4. The van der Waals surface area contributed by atoms with E-state index in [4.69, 9.17) is 10.2 Å². The molecular weight excluding hydrogens is 298 g/mol. The molecule has 1 aliphatic heterocycles. The smallest absolute Gasteiger partial charge is 0.336 e. The maximum absolute atomic E-state index is 12.3. The van der Waals surface area contributed by atoms with Crippen LogP contribution in [0, 0.1) is 5.92 Å². The number of fused-ring (bicyclic) bond motifs is 1. The molecule has 0 radical (unpaired) electrons. The fourth-order valence-electron chi connectivity index (χ4n) is 2.75. The lowest BCUT2D eigenvalue weighted by atomic mass is 9.98. The van der Waals surface area contributed by atoms with Crippen LogP contribution in [0.4, 0.5) is 10.5 Å². The van der Waals surface area contributed by atoms with E-state index in [9.17, 15) is 14.4 Å². The third-order valence-corrected chi connectivity index (χ3v) is 3.98. The summed E-state index contributed by atoms with van der Waals surface area (Å²) in [5, 5.41) is 3.51. The molecule has 1 aromatic carbocycles. The first-order valence-electron chi connectivity index (χ1n) is 7.42. The molecule has 23 heavy (non-hydrogen) atoms. The van der Waals surface area contributed by atoms with Gasteiger partial charge in [-0.05, 0) is 37.1 Å². The van der Waals surface area contributed by atoms with Crippen LogP contribution >= 0.6 is 0 Å². The Hall–Kier alpha value is -2.83. The zero-order chi connectivity index (χ0) is 16.4. The van der Waals surface area contributed by atoms with Crippen molar-refractivity contribution in [1.29, 1.82) is 0 Å². The van der Waals surface area contributed by atoms with Crippen LogP contribution in [0.5, 0.6) is 0 Å². The molecule has 1 atom stereocenters. The Morgan fingerprint density at radius 1 is 1.26 bits per heavy atom. The van der Waals surface area contributed by atoms with Crippen molar-refractivity contribution in [3.05, 3.63) is 40.8 Å². The van der Waals surface area contributed by atoms with E-state index in [1.165, 1.54) is 6.07 Å². The van der Waals surface area contributed by atoms with Crippen molar-refractivity contribution in [2.24, 2.45) is 11.7 Å². The topological polar surface area (TPSA) is 106 Å². The molecule has 2 heterocycles. The minimum atomic E-state index is -0.417. The lowest BCUT2D eigenvalue weighted by molar-refractivity contribution is -0.123. The third kappa shape index (κ3) is 3.33. The summed E-state index contributed by atoms with van der Waals surface area (Å²) < 4.78 is 5.05. The normalized spacial score (nSPS) is 17.9. The van der Waals surface area contributed by atoms with Crippen LogP contribution in [0.25, 0.3) is 11.0 Å². The summed E-state index contributed by atoms with van der Waals surface area (Å²) in [6.45, 7) is 0.932. The molecular formula is C16H17N3O4. The maximum Gasteiger partial charge on any atom is 0.336 e. The first kappa shape index (κ1) is 15.1. The van der Waals surface area contributed by atoms with E-state index in [0.29, 0.717) is 30.8 Å². The number of nitrogens with zero attached hydrogens (tertiary/aromatic N) is 1. The summed E-state index contributed by atoms with van der Waals surface area (Å²) in [6.07, 6.45) is 1.47. The summed E-state index contributed by atoms with van der Waals surface area (Å²) in [5.74, 6) is -0.663. The minimum absolute atomic E-state index is 0.271. The number of amides is 3. The molecule has 0 saturated carbocycles. The van der Waals surface area contributed by atoms with Crippen LogP contribution in [-0.4, -0.2) is 29.9 Å². The molecule has 1 aliphatic rings. The van der Waals surface area contributed by atoms with Crippen LogP contribution in [0.15, 0.2) is 39.5 Å². The monoisotopic (exact) mass is 315 g/mol. The number of urea groups is 1. The van der Waals surface area contributed by atoms with Crippen molar-refractivity contribution in [3.63, 3.8) is 0 Å². The van der Waals surface area contributed by atoms with Crippen LogP contribution in [-0.2, 0) is 4.79 Å². The molecule has 0 aliphatic carbocycles. The van der Waals surface area contributed by atoms with Crippen molar-refractivity contribution in [2.45, 2.75) is 12.8 Å². The number of nitrogens with two attached hydrogens (primary N) is 1. The van der Waals surface area contributed by atoms with Gasteiger partial charge in [0.05, 0.1) is 5.92 Å². The molecule has 3 rings (SSSR count). The average molecular weight is 315 g/mol. The highest BCUT2D eigenvalue weighted by Gasteiger charge is 2.26. The lowest BCUT2D eigenvalue weighted by Gasteiger charge is -2.31. The van der Waals surface area contributed by atoms with Gasteiger partial charge in [-0.2, -0.15) is 0 Å². The van der Waals surface area contributed by atoms with E-state index in [1.54, 1.807) is 29.2 Å². The summed E-state index contributed by atoms with van der Waals surface area (Å²) in [7, 11) is 0. The molecule has 2 aromatic rings. The summed E-state index contributed by atoms with van der Waals surface area (Å²) in [4.78, 5) is 36.3. The number of carbonyl (C=O) groups excluding carboxylic acids is 2. The van der Waals surface area contributed by atoms with E-state index in [0.717, 1.165) is 11.8 Å². The third-order valence-electron chi connectivity index (χ3n) is 3.98. The Morgan fingerprint density at radius 3 is 2.87 bits per heavy atom. The number of carbonyl (C=O) groups is 2. The molecule has 7 heteroatoms. The Kier molecular flexibility index (Phi) is 4.01. The first-order chi connectivity index (χ1) is 11.0. The second kappa shape index (κ2) is 6.12. The van der Waals surface area contributed by atoms with E-state index in [-0.39, 0.29) is 17.9 Å². The van der Waals surface area contributed by atoms with Gasteiger partial charge in [0.1, 0.15) is 5.58 Å². The molecule has 120 valence electrons. The highest BCUT2D eigenvalue weighted by Crippen LogP contribution is 2.20. The highest BCUT2D eigenvalue weighted by molar-refractivity contribution is 5.92. The largest absolute Gasteiger partial charge is 0.423 e. The number of benzene rings is 1. The van der Waals surface area contributed by atoms with Crippen molar-refractivity contribution in [3.8, 4) is 0 Å². The Labute approximate surface area is 132 Å². The summed E-state index contributed by atoms with van der Waals surface area (Å²) in [6, 6.07) is 7.73. The molecule has 1 aromatic heterocycles. The first-order valence-corrected chi connectivity index (χ1v) is 7.42. The van der Waals surface area contributed by atoms with E-state index >= 15 is 0 Å². The van der Waals surface area contributed by atoms with Crippen molar-refractivity contribution in [2.75, 3.05) is 18.4 Å². The van der Waals surface area contributed by atoms with Crippen LogP contribution < -0.4 is 16.7 Å². The summed E-state index contributed by atoms with van der Waals surface area (Å²) >= 11 is 0. The van der Waals surface area contributed by atoms with Gasteiger partial charge >= 0.3 is 11.7 Å².